The van der Waals surface area contributed by atoms with Crippen molar-refractivity contribution in [2.24, 2.45) is 0 Å². The molecule has 0 aliphatic carbocycles. The monoisotopic (exact) mass is 314 g/mol. The predicted octanol–water partition coefficient (Wildman–Crippen LogP) is 2.38. The fourth-order valence-corrected chi connectivity index (χ4v) is 2.05. The summed E-state index contributed by atoms with van der Waals surface area (Å²) >= 11 is 0. The third kappa shape index (κ3) is 4.23. The normalized spacial score (nSPS) is 10.6. The molecule has 2 amide bonds. The number of furan rings is 1. The molecule has 0 unspecified atom stereocenters. The SMILES string of the molecule is COc1ccccc1C=CC(=O)NNC(=O)c1cc(C)oc1C. The number of nitrogens with one attached hydrogen (secondary N) is 2. The van der Waals surface area contributed by atoms with E-state index in [0.29, 0.717) is 22.8 Å². The van der Waals surface area contributed by atoms with E-state index in [1.165, 1.54) is 6.08 Å². The van der Waals surface area contributed by atoms with Crippen molar-refractivity contribution in [1.82, 2.24) is 10.9 Å². The minimum Gasteiger partial charge on any atom is -0.496 e. The van der Waals surface area contributed by atoms with Crippen molar-refractivity contribution in [1.29, 1.82) is 0 Å². The Morgan fingerprint density at radius 1 is 1.17 bits per heavy atom. The molecule has 0 saturated heterocycles. The number of rotatable bonds is 4. The van der Waals surface area contributed by atoms with Crippen molar-refractivity contribution in [2.45, 2.75) is 13.8 Å². The average molecular weight is 314 g/mol. The first-order valence-corrected chi connectivity index (χ1v) is 6.99. The summed E-state index contributed by atoms with van der Waals surface area (Å²) in [6.07, 6.45) is 2.92. The second-order valence-corrected chi connectivity index (χ2v) is 4.85. The summed E-state index contributed by atoms with van der Waals surface area (Å²) in [6.45, 7) is 3.43. The van der Waals surface area contributed by atoms with Gasteiger partial charge in [-0.3, -0.25) is 20.4 Å². The maximum Gasteiger partial charge on any atom is 0.273 e. The summed E-state index contributed by atoms with van der Waals surface area (Å²) in [5.74, 6) is 0.902. The maximum atomic E-state index is 11.9. The van der Waals surface area contributed by atoms with Gasteiger partial charge in [-0.05, 0) is 32.1 Å². The molecule has 120 valence electrons. The lowest BCUT2D eigenvalue weighted by atomic mass is 10.2. The molecule has 6 nitrogen and oxygen atoms in total. The van der Waals surface area contributed by atoms with Gasteiger partial charge < -0.3 is 9.15 Å². The highest BCUT2D eigenvalue weighted by Crippen LogP contribution is 2.18. The van der Waals surface area contributed by atoms with E-state index >= 15 is 0 Å². The topological polar surface area (TPSA) is 80.6 Å². The molecule has 0 saturated carbocycles. The van der Waals surface area contributed by atoms with Crippen LogP contribution in [0.1, 0.15) is 27.4 Å². The summed E-state index contributed by atoms with van der Waals surface area (Å²) in [6, 6.07) is 8.90. The summed E-state index contributed by atoms with van der Waals surface area (Å²) in [5.41, 5.74) is 5.80. The predicted molar refractivity (Wildman–Crippen MR) is 85.8 cm³/mol. The van der Waals surface area contributed by atoms with Crippen LogP contribution in [-0.2, 0) is 4.79 Å². The molecule has 0 aliphatic heterocycles. The van der Waals surface area contributed by atoms with Crippen LogP contribution in [0, 0.1) is 13.8 Å². The van der Waals surface area contributed by atoms with Gasteiger partial charge in [0.05, 0.1) is 12.7 Å². The first-order chi connectivity index (χ1) is 11.0. The molecule has 0 radical (unpaired) electrons. The van der Waals surface area contributed by atoms with E-state index in [-0.39, 0.29) is 0 Å². The first-order valence-electron chi connectivity index (χ1n) is 6.99. The number of carbonyl (C=O) groups excluding carboxylic acids is 2. The minimum atomic E-state index is -0.456. The van der Waals surface area contributed by atoms with Gasteiger partial charge in [0.15, 0.2) is 0 Å². The second-order valence-electron chi connectivity index (χ2n) is 4.85. The van der Waals surface area contributed by atoms with E-state index in [9.17, 15) is 9.59 Å². The third-order valence-electron chi connectivity index (χ3n) is 3.14. The van der Waals surface area contributed by atoms with Gasteiger partial charge in [0.2, 0.25) is 0 Å². The highest BCUT2D eigenvalue weighted by Gasteiger charge is 2.13. The molecule has 0 atom stereocenters. The number of aryl methyl sites for hydroxylation is 2. The molecule has 1 aromatic carbocycles. The van der Waals surface area contributed by atoms with E-state index in [1.54, 1.807) is 39.2 Å². The molecule has 1 heterocycles. The van der Waals surface area contributed by atoms with E-state index < -0.39 is 11.8 Å². The molecular formula is C17H18N2O4. The van der Waals surface area contributed by atoms with E-state index in [2.05, 4.69) is 10.9 Å². The molecule has 0 aliphatic rings. The lowest BCUT2D eigenvalue weighted by Crippen LogP contribution is -2.40. The molecule has 0 fully saturated rings. The quantitative estimate of drug-likeness (QED) is 0.670. The fraction of sp³-hybridized carbons (Fsp3) is 0.176. The number of hydrogen-bond acceptors (Lipinski definition) is 4. The summed E-state index contributed by atoms with van der Waals surface area (Å²) in [5, 5.41) is 0. The third-order valence-corrected chi connectivity index (χ3v) is 3.14. The number of carbonyl (C=O) groups is 2. The van der Waals surface area contributed by atoms with E-state index in [1.807, 2.05) is 18.2 Å². The molecule has 0 spiro atoms. The van der Waals surface area contributed by atoms with Gasteiger partial charge in [-0.25, -0.2) is 0 Å². The van der Waals surface area contributed by atoms with E-state index in [4.69, 9.17) is 9.15 Å². The molecular weight excluding hydrogens is 296 g/mol. The van der Waals surface area contributed by atoms with Crippen molar-refractivity contribution in [3.05, 3.63) is 59.1 Å². The average Bonchev–Trinajstić information content (AvgIpc) is 2.89. The minimum absolute atomic E-state index is 0.386. The highest BCUT2D eigenvalue weighted by molar-refractivity contribution is 5.98. The number of amides is 2. The Kier molecular flexibility index (Phi) is 5.19. The van der Waals surface area contributed by atoms with Gasteiger partial charge in [-0.1, -0.05) is 18.2 Å². The lowest BCUT2D eigenvalue weighted by Gasteiger charge is -2.05. The lowest BCUT2D eigenvalue weighted by molar-refractivity contribution is -0.117. The van der Waals surface area contributed by atoms with Crippen molar-refractivity contribution in [3.63, 3.8) is 0 Å². The Morgan fingerprint density at radius 2 is 1.91 bits per heavy atom. The first kappa shape index (κ1) is 16.4. The van der Waals surface area contributed by atoms with Gasteiger partial charge in [-0.2, -0.15) is 0 Å². The molecule has 2 aromatic rings. The summed E-state index contributed by atoms with van der Waals surface area (Å²) < 4.78 is 10.5. The van der Waals surface area contributed by atoms with Gasteiger partial charge in [-0.15, -0.1) is 0 Å². The standard InChI is InChI=1S/C17H18N2O4/c1-11-10-14(12(2)23-11)17(21)19-18-16(20)9-8-13-6-4-5-7-15(13)22-3/h4-10H,1-3H3,(H,18,20)(H,19,21). The van der Waals surface area contributed by atoms with Crippen LogP contribution in [0.2, 0.25) is 0 Å². The number of para-hydroxylation sites is 1. The Bertz CT molecular complexity index is 747. The van der Waals surface area contributed by atoms with Crippen molar-refractivity contribution < 1.29 is 18.7 Å². The van der Waals surface area contributed by atoms with Crippen molar-refractivity contribution in [3.8, 4) is 5.75 Å². The smallest absolute Gasteiger partial charge is 0.273 e. The Labute approximate surface area is 134 Å². The number of ether oxygens (including phenoxy) is 1. The summed E-state index contributed by atoms with van der Waals surface area (Å²) in [4.78, 5) is 23.7. The molecule has 6 heteroatoms. The molecule has 2 rings (SSSR count). The number of methoxy groups -OCH3 is 1. The molecule has 23 heavy (non-hydrogen) atoms. The molecule has 0 bridgehead atoms. The van der Waals surface area contributed by atoms with Crippen LogP contribution < -0.4 is 15.6 Å². The largest absolute Gasteiger partial charge is 0.496 e. The Balaban J connectivity index is 1.93. The highest BCUT2D eigenvalue weighted by atomic mass is 16.5. The van der Waals surface area contributed by atoms with Gasteiger partial charge in [0.25, 0.3) is 11.8 Å². The molecule has 2 N–H and O–H groups in total. The van der Waals surface area contributed by atoms with Gasteiger partial charge >= 0.3 is 0 Å². The van der Waals surface area contributed by atoms with Crippen molar-refractivity contribution in [2.75, 3.05) is 7.11 Å². The Morgan fingerprint density at radius 3 is 2.57 bits per heavy atom. The van der Waals surface area contributed by atoms with Gasteiger partial charge in [0, 0.05) is 11.6 Å². The molecule has 1 aromatic heterocycles. The summed E-state index contributed by atoms with van der Waals surface area (Å²) in [7, 11) is 1.56. The fourth-order valence-electron chi connectivity index (χ4n) is 2.05. The number of hydrazine groups is 1. The van der Waals surface area contributed by atoms with E-state index in [0.717, 1.165) is 5.56 Å². The second kappa shape index (κ2) is 7.31. The van der Waals surface area contributed by atoms with Crippen LogP contribution in [0.5, 0.6) is 5.75 Å². The van der Waals surface area contributed by atoms with Crippen LogP contribution in [0.25, 0.3) is 6.08 Å². The number of hydrogen-bond donors (Lipinski definition) is 2. The zero-order chi connectivity index (χ0) is 16.8. The van der Waals surface area contributed by atoms with Crippen LogP contribution >= 0.6 is 0 Å². The van der Waals surface area contributed by atoms with Crippen LogP contribution in [0.4, 0.5) is 0 Å². The maximum absolute atomic E-state index is 11.9. The van der Waals surface area contributed by atoms with Gasteiger partial charge in [0.1, 0.15) is 17.3 Å². The van der Waals surface area contributed by atoms with Crippen LogP contribution in [-0.4, -0.2) is 18.9 Å². The zero-order valence-corrected chi connectivity index (χ0v) is 13.2. The number of benzene rings is 1. The van der Waals surface area contributed by atoms with Crippen molar-refractivity contribution >= 4 is 17.9 Å². The van der Waals surface area contributed by atoms with Crippen LogP contribution in [0.15, 0.2) is 40.8 Å². The zero-order valence-electron chi connectivity index (χ0n) is 13.2. The Hall–Kier alpha value is -3.02. The van der Waals surface area contributed by atoms with Crippen LogP contribution in [0.3, 0.4) is 0 Å².